The van der Waals surface area contributed by atoms with E-state index in [1.165, 1.54) is 12.7 Å². The van der Waals surface area contributed by atoms with E-state index in [1.807, 2.05) is 51.0 Å². The first-order valence-electron chi connectivity index (χ1n) is 18.6. The predicted molar refractivity (Wildman–Crippen MR) is 242 cm³/mol. The van der Waals surface area contributed by atoms with Crippen molar-refractivity contribution in [2.75, 3.05) is 26.6 Å². The van der Waals surface area contributed by atoms with Gasteiger partial charge in [0.1, 0.15) is 12.5 Å². The van der Waals surface area contributed by atoms with Gasteiger partial charge < -0.3 is 34.2 Å². The number of nitrogens with zero attached hydrogens (tertiary/aromatic N) is 8. The summed E-state index contributed by atoms with van der Waals surface area (Å²) in [5.74, 6) is 4.46. The number of hydrogen-bond acceptors (Lipinski definition) is 15. The molecular formula is C44H46Cl3N9O6. The molecule has 0 aliphatic carbocycles. The summed E-state index contributed by atoms with van der Waals surface area (Å²) in [6, 6.07) is 25.1. The number of para-hydroxylation sites is 4. The first-order valence-corrected chi connectivity index (χ1v) is 19.8. The number of methoxy groups -OCH3 is 2. The minimum Gasteiger partial charge on any atom is -0.508 e. The molecule has 324 valence electrons. The third kappa shape index (κ3) is 14.2. The van der Waals surface area contributed by atoms with Crippen LogP contribution in [0.5, 0.6) is 40.2 Å². The molecule has 4 aromatic heterocycles. The Balaban J connectivity index is 0.000000252. The first-order chi connectivity index (χ1) is 29.9. The third-order valence-electron chi connectivity index (χ3n) is 7.67. The van der Waals surface area contributed by atoms with Crippen LogP contribution in [-0.4, -0.2) is 73.0 Å². The molecular weight excluding hydrogens is 857 g/mol. The van der Waals surface area contributed by atoms with Gasteiger partial charge in [0.05, 0.1) is 14.2 Å². The van der Waals surface area contributed by atoms with Crippen LogP contribution in [0.25, 0.3) is 23.3 Å². The molecule has 62 heavy (non-hydrogen) atoms. The van der Waals surface area contributed by atoms with Crippen molar-refractivity contribution in [1.29, 1.82) is 0 Å². The van der Waals surface area contributed by atoms with E-state index in [0.717, 1.165) is 0 Å². The lowest BCUT2D eigenvalue weighted by atomic mass is 9.87. The van der Waals surface area contributed by atoms with Gasteiger partial charge in [-0.3, -0.25) is 0 Å². The Morgan fingerprint density at radius 2 is 0.919 bits per heavy atom. The molecule has 7 aromatic rings. The normalized spacial score (nSPS) is 10.0. The number of benzene rings is 3. The average Bonchev–Trinajstić information content (AvgIpc) is 3.30. The number of phenols is 1. The van der Waals surface area contributed by atoms with E-state index in [-0.39, 0.29) is 32.4 Å². The van der Waals surface area contributed by atoms with Crippen LogP contribution >= 0.6 is 34.8 Å². The fraction of sp³-hybridized carbons (Fsp3) is 0.205. The molecule has 0 saturated heterocycles. The van der Waals surface area contributed by atoms with Crippen LogP contribution in [0, 0.1) is 0 Å². The number of halogens is 3. The van der Waals surface area contributed by atoms with Gasteiger partial charge in [-0.15, -0.1) is 0 Å². The maximum Gasteiger partial charge on any atom is 0.207 e. The number of carbonyl (C=O) groups excluding carboxylic acids is 1. The Hall–Kier alpha value is -6.68. The summed E-state index contributed by atoms with van der Waals surface area (Å²) in [6.45, 7) is 12.5. The van der Waals surface area contributed by atoms with Crippen molar-refractivity contribution in [3.63, 3.8) is 0 Å². The lowest BCUT2D eigenvalue weighted by molar-refractivity contribution is -0.0980. The second kappa shape index (κ2) is 25.2. The summed E-state index contributed by atoms with van der Waals surface area (Å²) in [6.07, 6.45) is 6.37. The summed E-state index contributed by atoms with van der Waals surface area (Å²) >= 11 is 18.6. The smallest absolute Gasteiger partial charge is 0.207 e. The summed E-state index contributed by atoms with van der Waals surface area (Å²) < 4.78 is 22.0. The van der Waals surface area contributed by atoms with Crippen molar-refractivity contribution >= 4 is 47.4 Å². The van der Waals surface area contributed by atoms with E-state index in [0.29, 0.717) is 57.8 Å². The lowest BCUT2D eigenvalue weighted by Crippen LogP contribution is -2.10. The number of rotatable bonds is 9. The number of carbonyl (C=O) groups is 1. The quantitative estimate of drug-likeness (QED) is 0.130. The van der Waals surface area contributed by atoms with Gasteiger partial charge in [-0.25, -0.2) is 39.9 Å². The highest BCUT2D eigenvalue weighted by Crippen LogP contribution is 2.40. The zero-order valence-electron chi connectivity index (χ0n) is 35.3. The van der Waals surface area contributed by atoms with Gasteiger partial charge >= 0.3 is 0 Å². The van der Waals surface area contributed by atoms with Crippen LogP contribution in [0.1, 0.15) is 40.2 Å². The maximum atomic E-state index is 9.02. The number of nitrogens with one attached hydrogen (secondary N) is 1. The summed E-state index contributed by atoms with van der Waals surface area (Å²) in [7, 11) is 4.82. The molecule has 15 nitrogen and oxygen atoms in total. The molecule has 2 N–H and O–H groups in total. The fourth-order valence-corrected chi connectivity index (χ4v) is 5.45. The van der Waals surface area contributed by atoms with E-state index in [2.05, 4.69) is 66.0 Å². The Kier molecular flexibility index (Phi) is 20.2. The van der Waals surface area contributed by atoms with Crippen molar-refractivity contribution in [2.24, 2.45) is 0 Å². The molecule has 18 heteroatoms. The molecule has 0 aliphatic rings. The Labute approximate surface area is 375 Å². The number of hydrogen-bond donors (Lipinski definition) is 2. The molecule has 0 aliphatic heterocycles. The van der Waals surface area contributed by atoms with Gasteiger partial charge in [-0.2, -0.15) is 0 Å². The van der Waals surface area contributed by atoms with Crippen LogP contribution in [0.2, 0.25) is 15.5 Å². The van der Waals surface area contributed by atoms with E-state index in [9.17, 15) is 0 Å². The van der Waals surface area contributed by atoms with Crippen molar-refractivity contribution in [1.82, 2.24) is 39.9 Å². The van der Waals surface area contributed by atoms with E-state index in [4.69, 9.17) is 63.7 Å². The highest BCUT2D eigenvalue weighted by molar-refractivity contribution is 6.35. The fourth-order valence-electron chi connectivity index (χ4n) is 4.78. The van der Waals surface area contributed by atoms with Crippen molar-refractivity contribution in [3.05, 3.63) is 131 Å². The number of aromatic nitrogens is 8. The molecule has 0 unspecified atom stereocenters. The largest absolute Gasteiger partial charge is 0.508 e. The molecule has 0 amide bonds. The van der Waals surface area contributed by atoms with Crippen molar-refractivity contribution in [2.45, 2.75) is 40.0 Å². The van der Waals surface area contributed by atoms with Gasteiger partial charge in [0.15, 0.2) is 55.9 Å². The maximum absolute atomic E-state index is 9.02. The van der Waals surface area contributed by atoms with Gasteiger partial charge in [0.2, 0.25) is 23.1 Å². The van der Waals surface area contributed by atoms with E-state index >= 15 is 0 Å². The molecule has 0 radical (unpaired) electrons. The Morgan fingerprint density at radius 1 is 0.548 bits per heavy atom. The predicted octanol–water partition coefficient (Wildman–Crippen LogP) is 11.0. The third-order valence-corrected chi connectivity index (χ3v) is 8.44. The second-order valence-electron chi connectivity index (χ2n) is 12.7. The Morgan fingerprint density at radius 3 is 1.31 bits per heavy atom. The lowest BCUT2D eigenvalue weighted by Gasteiger charge is -2.18. The van der Waals surface area contributed by atoms with Crippen LogP contribution in [0.4, 0.5) is 5.82 Å². The van der Waals surface area contributed by atoms with Gasteiger partial charge in [-0.1, -0.05) is 106 Å². The average molecular weight is 903 g/mol. The number of aromatic hydroxyl groups is 1. The first kappa shape index (κ1) is 49.7. The molecule has 0 atom stereocenters. The molecule has 3 aromatic carbocycles. The monoisotopic (exact) mass is 901 g/mol. The zero-order chi connectivity index (χ0) is 45.7. The number of phenolic OH excluding ortho intramolecular Hbond substituents is 1. The van der Waals surface area contributed by atoms with E-state index < -0.39 is 0 Å². The van der Waals surface area contributed by atoms with E-state index in [1.54, 1.807) is 93.5 Å². The zero-order valence-corrected chi connectivity index (χ0v) is 37.6. The van der Waals surface area contributed by atoms with Gasteiger partial charge in [0, 0.05) is 31.8 Å². The summed E-state index contributed by atoms with van der Waals surface area (Å²) in [5, 5.41) is 12.2. The highest BCUT2D eigenvalue weighted by atomic mass is 35.5. The SMILES string of the molecule is C=O.CC.CC(C)(C)c1ccc(O)cc1.CNc1nc(-c2ncccn2)nc(Cl)c1Oc1ccccc1OC.COc1ccccc1Oc1c(Cl)nc(-c2ncccn2)nc1Cl. The standard InChI is InChI=1S/C16H14ClN5O2.C15H10Cl2N4O2.C10H14O.C2H6.CH2O/c1-18-14-12(24-11-7-4-3-6-10(11)23-2)13(17)21-16(22-14)15-19-8-5-9-20-15;1-22-9-5-2-3-6-10(9)23-11-12(16)20-15(21-13(11)17)14-18-7-4-8-19-14;1-10(2,3)8-4-6-9(11)7-5-8;2*1-2/h3-9H,1-2H3,(H,18,21,22);2-8H,1H3;4-7,11H,1-3H3;1-2H3;1H2. The van der Waals surface area contributed by atoms with Crippen molar-refractivity contribution in [3.8, 4) is 63.5 Å². The summed E-state index contributed by atoms with van der Waals surface area (Å²) in [4.78, 5) is 41.2. The molecule has 0 bridgehead atoms. The van der Waals surface area contributed by atoms with Gasteiger partial charge in [-0.05, 0) is 59.5 Å². The molecule has 7 rings (SSSR count). The number of ether oxygens (including phenoxy) is 4. The highest BCUT2D eigenvalue weighted by Gasteiger charge is 2.20. The summed E-state index contributed by atoms with van der Waals surface area (Å²) in [5.41, 5.74) is 1.42. The topological polar surface area (TPSA) is 189 Å². The van der Waals surface area contributed by atoms with Crippen molar-refractivity contribution < 1.29 is 28.8 Å². The molecule has 0 saturated carbocycles. The molecule has 0 fully saturated rings. The minimum atomic E-state index is 0.0540. The number of anilines is 1. The van der Waals surface area contributed by atoms with Gasteiger partial charge in [0.25, 0.3) is 0 Å². The van der Waals surface area contributed by atoms with Crippen LogP contribution in [0.15, 0.2) is 110 Å². The molecule has 4 heterocycles. The van der Waals surface area contributed by atoms with Crippen LogP contribution in [0.3, 0.4) is 0 Å². The Bertz CT molecular complexity index is 2410. The minimum absolute atomic E-state index is 0.0540. The molecule has 0 spiro atoms. The van der Waals surface area contributed by atoms with Crippen LogP contribution in [-0.2, 0) is 10.2 Å². The second-order valence-corrected chi connectivity index (χ2v) is 13.7. The van der Waals surface area contributed by atoms with Crippen LogP contribution < -0.4 is 24.3 Å².